The minimum absolute atomic E-state index is 0.0989. The van der Waals surface area contributed by atoms with E-state index in [9.17, 15) is 9.59 Å². The molecule has 0 bridgehead atoms. The number of rotatable bonds is 10. The molecule has 6 nitrogen and oxygen atoms in total. The van der Waals surface area contributed by atoms with Gasteiger partial charge in [-0.25, -0.2) is 4.79 Å². The molecular formula is C15H21NO5. The van der Waals surface area contributed by atoms with Crippen LogP contribution in [0.25, 0.3) is 0 Å². The lowest BCUT2D eigenvalue weighted by atomic mass is 10.3. The van der Waals surface area contributed by atoms with E-state index in [4.69, 9.17) is 14.6 Å². The molecule has 0 saturated heterocycles. The number of para-hydroxylation sites is 1. The van der Waals surface area contributed by atoms with E-state index >= 15 is 0 Å². The molecule has 0 aromatic heterocycles. The van der Waals surface area contributed by atoms with Gasteiger partial charge in [-0.2, -0.15) is 0 Å². The fourth-order valence-corrected chi connectivity index (χ4v) is 1.53. The van der Waals surface area contributed by atoms with Crippen molar-refractivity contribution in [2.24, 2.45) is 0 Å². The highest BCUT2D eigenvalue weighted by Crippen LogP contribution is 2.08. The summed E-state index contributed by atoms with van der Waals surface area (Å²) in [5, 5.41) is 11.3. The standard InChI is InChI=1S/C15H21NO5/c1-12(15(18)19)20-11-9-16-14(17)8-5-10-21-13-6-3-2-4-7-13/h2-4,6-7,12H,5,8-11H2,1H3,(H,16,17)(H,18,19). The van der Waals surface area contributed by atoms with E-state index in [2.05, 4.69) is 5.32 Å². The summed E-state index contributed by atoms with van der Waals surface area (Å²) in [6, 6.07) is 9.41. The Morgan fingerprint density at radius 1 is 1.24 bits per heavy atom. The highest BCUT2D eigenvalue weighted by atomic mass is 16.5. The topological polar surface area (TPSA) is 84.9 Å². The number of amides is 1. The summed E-state index contributed by atoms with van der Waals surface area (Å²) >= 11 is 0. The van der Waals surface area contributed by atoms with E-state index in [1.165, 1.54) is 6.92 Å². The summed E-state index contributed by atoms with van der Waals surface area (Å²) in [4.78, 5) is 22.0. The summed E-state index contributed by atoms with van der Waals surface area (Å²) in [6.45, 7) is 2.41. The molecule has 1 unspecified atom stereocenters. The minimum Gasteiger partial charge on any atom is -0.494 e. The molecule has 1 amide bonds. The fourth-order valence-electron chi connectivity index (χ4n) is 1.53. The molecule has 0 saturated carbocycles. The van der Waals surface area contributed by atoms with Crippen LogP contribution in [0.5, 0.6) is 5.75 Å². The lowest BCUT2D eigenvalue weighted by molar-refractivity contribution is -0.148. The quantitative estimate of drug-likeness (QED) is 0.638. The third-order valence-corrected chi connectivity index (χ3v) is 2.70. The predicted octanol–water partition coefficient (Wildman–Crippen LogP) is 1.45. The molecule has 116 valence electrons. The molecule has 1 rings (SSSR count). The van der Waals surface area contributed by atoms with Crippen LogP contribution in [0.2, 0.25) is 0 Å². The Morgan fingerprint density at radius 2 is 1.95 bits per heavy atom. The monoisotopic (exact) mass is 295 g/mol. The molecule has 0 fully saturated rings. The smallest absolute Gasteiger partial charge is 0.332 e. The molecule has 0 aliphatic carbocycles. The molecule has 0 radical (unpaired) electrons. The number of carbonyl (C=O) groups excluding carboxylic acids is 1. The number of aliphatic carboxylic acids is 1. The average Bonchev–Trinajstić information content (AvgIpc) is 2.49. The number of hydrogen-bond donors (Lipinski definition) is 2. The molecule has 1 atom stereocenters. The van der Waals surface area contributed by atoms with E-state index in [0.717, 1.165) is 5.75 Å². The van der Waals surface area contributed by atoms with Crippen molar-refractivity contribution in [2.45, 2.75) is 25.9 Å². The van der Waals surface area contributed by atoms with Gasteiger partial charge in [-0.15, -0.1) is 0 Å². The molecule has 0 aliphatic rings. The van der Waals surface area contributed by atoms with Crippen molar-refractivity contribution in [1.29, 1.82) is 0 Å². The van der Waals surface area contributed by atoms with Crippen LogP contribution in [-0.4, -0.2) is 42.8 Å². The molecular weight excluding hydrogens is 274 g/mol. The van der Waals surface area contributed by atoms with Gasteiger partial charge in [0, 0.05) is 13.0 Å². The van der Waals surface area contributed by atoms with Crippen molar-refractivity contribution in [3.05, 3.63) is 30.3 Å². The summed E-state index contributed by atoms with van der Waals surface area (Å²) in [6.07, 6.45) is 0.121. The van der Waals surface area contributed by atoms with Crippen molar-refractivity contribution in [3.8, 4) is 5.75 Å². The van der Waals surface area contributed by atoms with Gasteiger partial charge in [-0.3, -0.25) is 4.79 Å². The van der Waals surface area contributed by atoms with Crippen molar-refractivity contribution in [2.75, 3.05) is 19.8 Å². The van der Waals surface area contributed by atoms with Crippen LogP contribution in [0.3, 0.4) is 0 Å². The van der Waals surface area contributed by atoms with Gasteiger partial charge in [0.15, 0.2) is 6.10 Å². The zero-order valence-electron chi connectivity index (χ0n) is 12.1. The Labute approximate surface area is 124 Å². The summed E-state index contributed by atoms with van der Waals surface area (Å²) in [5.41, 5.74) is 0. The molecule has 0 aliphatic heterocycles. The van der Waals surface area contributed by atoms with Crippen LogP contribution in [0.4, 0.5) is 0 Å². The number of benzene rings is 1. The highest BCUT2D eigenvalue weighted by molar-refractivity contribution is 5.75. The Bertz CT molecular complexity index is 435. The second-order valence-corrected chi connectivity index (χ2v) is 4.47. The van der Waals surface area contributed by atoms with E-state index in [1.807, 2.05) is 30.3 Å². The second-order valence-electron chi connectivity index (χ2n) is 4.47. The minimum atomic E-state index is -1.01. The third kappa shape index (κ3) is 7.94. The third-order valence-electron chi connectivity index (χ3n) is 2.70. The highest BCUT2D eigenvalue weighted by Gasteiger charge is 2.10. The zero-order valence-corrected chi connectivity index (χ0v) is 12.1. The Hall–Kier alpha value is -2.08. The molecule has 6 heteroatoms. The molecule has 21 heavy (non-hydrogen) atoms. The maximum Gasteiger partial charge on any atom is 0.332 e. The number of carbonyl (C=O) groups is 2. The second kappa shape index (κ2) is 9.77. The van der Waals surface area contributed by atoms with Crippen molar-refractivity contribution in [3.63, 3.8) is 0 Å². The maximum absolute atomic E-state index is 11.5. The summed E-state index contributed by atoms with van der Waals surface area (Å²) in [7, 11) is 0. The van der Waals surface area contributed by atoms with Crippen molar-refractivity contribution >= 4 is 11.9 Å². The first kappa shape index (κ1) is 17.0. The van der Waals surface area contributed by atoms with E-state index in [1.54, 1.807) is 0 Å². The molecule has 0 heterocycles. The van der Waals surface area contributed by atoms with Crippen molar-refractivity contribution in [1.82, 2.24) is 5.32 Å². The first-order valence-corrected chi connectivity index (χ1v) is 6.88. The van der Waals surface area contributed by atoms with Gasteiger partial charge in [-0.05, 0) is 25.5 Å². The van der Waals surface area contributed by atoms with E-state index in [0.29, 0.717) is 26.0 Å². The van der Waals surface area contributed by atoms with Gasteiger partial charge in [0.05, 0.1) is 13.2 Å². The van der Waals surface area contributed by atoms with Crippen LogP contribution >= 0.6 is 0 Å². The molecule has 2 N–H and O–H groups in total. The number of hydrogen-bond acceptors (Lipinski definition) is 4. The first-order valence-electron chi connectivity index (χ1n) is 6.88. The molecule has 0 spiro atoms. The van der Waals surface area contributed by atoms with Gasteiger partial charge >= 0.3 is 5.97 Å². The van der Waals surface area contributed by atoms with Crippen LogP contribution in [0, 0.1) is 0 Å². The Morgan fingerprint density at radius 3 is 2.62 bits per heavy atom. The Kier molecular flexibility index (Phi) is 7.89. The maximum atomic E-state index is 11.5. The Balaban J connectivity index is 2.00. The largest absolute Gasteiger partial charge is 0.494 e. The van der Waals surface area contributed by atoms with Gasteiger partial charge in [0.1, 0.15) is 5.75 Å². The normalized spacial score (nSPS) is 11.7. The number of ether oxygens (including phenoxy) is 2. The van der Waals surface area contributed by atoms with Gasteiger partial charge < -0.3 is 19.9 Å². The average molecular weight is 295 g/mol. The summed E-state index contributed by atoms with van der Waals surface area (Å²) < 4.78 is 10.5. The molecule has 1 aromatic rings. The molecule has 1 aromatic carbocycles. The lowest BCUT2D eigenvalue weighted by Gasteiger charge is -2.09. The van der Waals surface area contributed by atoms with Gasteiger partial charge in [0.2, 0.25) is 5.91 Å². The van der Waals surface area contributed by atoms with Gasteiger partial charge in [0.25, 0.3) is 0 Å². The van der Waals surface area contributed by atoms with Crippen LogP contribution in [-0.2, 0) is 14.3 Å². The number of nitrogens with one attached hydrogen (secondary N) is 1. The number of carboxylic acid groups (broad SMARTS) is 1. The first-order chi connectivity index (χ1) is 10.1. The zero-order chi connectivity index (χ0) is 15.5. The van der Waals surface area contributed by atoms with Crippen LogP contribution in [0.1, 0.15) is 19.8 Å². The van der Waals surface area contributed by atoms with Crippen molar-refractivity contribution < 1.29 is 24.2 Å². The van der Waals surface area contributed by atoms with Crippen LogP contribution < -0.4 is 10.1 Å². The van der Waals surface area contributed by atoms with E-state index < -0.39 is 12.1 Å². The number of carboxylic acids is 1. The van der Waals surface area contributed by atoms with Crippen LogP contribution in [0.15, 0.2) is 30.3 Å². The SMILES string of the molecule is CC(OCCNC(=O)CCCOc1ccccc1)C(=O)O. The predicted molar refractivity (Wildman–Crippen MR) is 77.2 cm³/mol. The van der Waals surface area contributed by atoms with Gasteiger partial charge in [-0.1, -0.05) is 18.2 Å². The lowest BCUT2D eigenvalue weighted by Crippen LogP contribution is -2.30. The fraction of sp³-hybridized carbons (Fsp3) is 0.467. The van der Waals surface area contributed by atoms with E-state index in [-0.39, 0.29) is 12.5 Å². The summed E-state index contributed by atoms with van der Waals surface area (Å²) in [5.74, 6) is -0.327.